The molecule has 0 unspecified atom stereocenters. The quantitative estimate of drug-likeness (QED) is 0.197. The van der Waals surface area contributed by atoms with E-state index in [1.807, 2.05) is 72.8 Å². The second kappa shape index (κ2) is 13.1. The standard InChI is InChI=1S/C32H30N12O3S/c33-13-14-42(32(47)35-16-21-5-2-1-3-6-21)43-19-27(45)44-24(15-20-9-11-22(12-10-20)29-37-39-40-38-29)30(46)41(18-26(43)44)17-23-7-4-8-25-28(23)36-31(34)48-25/h1-12,24,26H,14-19H2,(H2,34,36)(H,35,47)(H,37,38,39,40)/t24-,26+/m0/s1. The molecule has 0 saturated carbocycles. The van der Waals surface area contributed by atoms with E-state index in [1.165, 1.54) is 16.3 Å². The third kappa shape index (κ3) is 5.99. The van der Waals surface area contributed by atoms with Crippen LogP contribution in [0.4, 0.5) is 9.93 Å². The lowest BCUT2D eigenvalue weighted by atomic mass is 9.99. The molecule has 0 bridgehead atoms. The Morgan fingerprint density at radius 3 is 2.65 bits per heavy atom. The zero-order chi connectivity index (χ0) is 33.2. The molecule has 2 aliphatic rings. The van der Waals surface area contributed by atoms with E-state index in [1.54, 1.807) is 14.8 Å². The van der Waals surface area contributed by atoms with Crippen LogP contribution in [0.25, 0.3) is 21.6 Å². The molecule has 2 atom stereocenters. The molecule has 7 rings (SSSR count). The van der Waals surface area contributed by atoms with Crippen LogP contribution in [0.3, 0.4) is 0 Å². The number of hydrogen-bond donors (Lipinski definition) is 3. The Kier molecular flexibility index (Phi) is 8.36. The Bertz CT molecular complexity index is 1990. The van der Waals surface area contributed by atoms with Crippen molar-refractivity contribution in [3.05, 3.63) is 89.5 Å². The summed E-state index contributed by atoms with van der Waals surface area (Å²) in [4.78, 5) is 49.4. The molecule has 4 N–H and O–H groups in total. The van der Waals surface area contributed by atoms with Gasteiger partial charge < -0.3 is 20.9 Å². The van der Waals surface area contributed by atoms with E-state index >= 15 is 0 Å². The zero-order valence-electron chi connectivity index (χ0n) is 25.6. The number of anilines is 1. The smallest absolute Gasteiger partial charge is 0.333 e. The van der Waals surface area contributed by atoms with Crippen LogP contribution >= 0.6 is 11.3 Å². The lowest BCUT2D eigenvalue weighted by Gasteiger charge is -2.46. The molecule has 4 heterocycles. The summed E-state index contributed by atoms with van der Waals surface area (Å²) >= 11 is 1.37. The zero-order valence-corrected chi connectivity index (χ0v) is 26.4. The highest BCUT2D eigenvalue weighted by atomic mass is 32.1. The predicted octanol–water partition coefficient (Wildman–Crippen LogP) is 2.13. The molecule has 5 aromatic rings. The summed E-state index contributed by atoms with van der Waals surface area (Å²) in [5, 5.41) is 29.8. The molecule has 2 fully saturated rings. The van der Waals surface area contributed by atoms with Gasteiger partial charge in [0.15, 0.2) is 11.0 Å². The normalized spacial score (nSPS) is 17.8. The van der Waals surface area contributed by atoms with Crippen molar-refractivity contribution in [3.8, 4) is 17.5 Å². The molecule has 2 aliphatic heterocycles. The number of rotatable bonds is 9. The van der Waals surface area contributed by atoms with Crippen LogP contribution in [0, 0.1) is 11.3 Å². The largest absolute Gasteiger partial charge is 0.375 e. The highest BCUT2D eigenvalue weighted by molar-refractivity contribution is 7.22. The van der Waals surface area contributed by atoms with E-state index in [4.69, 9.17) is 5.73 Å². The Morgan fingerprint density at radius 1 is 1.08 bits per heavy atom. The van der Waals surface area contributed by atoms with Crippen LogP contribution in [0.15, 0.2) is 72.8 Å². The van der Waals surface area contributed by atoms with Gasteiger partial charge in [-0.25, -0.2) is 19.9 Å². The van der Waals surface area contributed by atoms with Crippen molar-refractivity contribution in [2.75, 3.05) is 25.4 Å². The Labute approximate surface area is 278 Å². The summed E-state index contributed by atoms with van der Waals surface area (Å²) in [6.07, 6.45) is -0.470. The minimum absolute atomic E-state index is 0.113. The number of thiazole rings is 1. The van der Waals surface area contributed by atoms with Crippen molar-refractivity contribution in [3.63, 3.8) is 0 Å². The van der Waals surface area contributed by atoms with Gasteiger partial charge in [0, 0.05) is 25.1 Å². The number of nitrogens with one attached hydrogen (secondary N) is 2. The average Bonchev–Trinajstić information content (AvgIpc) is 3.84. The topological polar surface area (TPSA) is 193 Å². The van der Waals surface area contributed by atoms with Gasteiger partial charge in [-0.05, 0) is 33.2 Å². The fraction of sp³-hybridized carbons (Fsp3) is 0.250. The number of para-hydroxylation sites is 1. The van der Waals surface area contributed by atoms with Crippen molar-refractivity contribution < 1.29 is 14.4 Å². The van der Waals surface area contributed by atoms with Gasteiger partial charge in [0.1, 0.15) is 18.8 Å². The van der Waals surface area contributed by atoms with Gasteiger partial charge in [-0.15, -0.1) is 5.10 Å². The van der Waals surface area contributed by atoms with Gasteiger partial charge in [-0.1, -0.05) is 78.1 Å². The molecule has 2 saturated heterocycles. The van der Waals surface area contributed by atoms with Crippen molar-refractivity contribution in [1.29, 1.82) is 5.26 Å². The van der Waals surface area contributed by atoms with Gasteiger partial charge in [0.25, 0.3) is 0 Å². The summed E-state index contributed by atoms with van der Waals surface area (Å²) in [5.74, 6) is -0.0343. The number of aromatic nitrogens is 5. The summed E-state index contributed by atoms with van der Waals surface area (Å²) in [6.45, 7) is 0.122. The number of amides is 4. The Balaban J connectivity index is 1.20. The van der Waals surface area contributed by atoms with E-state index in [-0.39, 0.29) is 51.0 Å². The summed E-state index contributed by atoms with van der Waals surface area (Å²) < 4.78 is 0.905. The molecule has 15 nitrogen and oxygen atoms in total. The molecule has 0 radical (unpaired) electrons. The van der Waals surface area contributed by atoms with Gasteiger partial charge in [0.05, 0.1) is 29.4 Å². The van der Waals surface area contributed by atoms with Crippen LogP contribution in [0.2, 0.25) is 0 Å². The molecule has 0 aliphatic carbocycles. The number of urea groups is 1. The summed E-state index contributed by atoms with van der Waals surface area (Å²) in [7, 11) is 0. The number of aromatic amines is 1. The van der Waals surface area contributed by atoms with Crippen LogP contribution in [-0.4, -0.2) is 95.1 Å². The maximum atomic E-state index is 14.3. The fourth-order valence-corrected chi connectivity index (χ4v) is 7.04. The molecule has 0 spiro atoms. The maximum Gasteiger partial charge on any atom is 0.333 e. The minimum Gasteiger partial charge on any atom is -0.375 e. The van der Waals surface area contributed by atoms with Gasteiger partial charge >= 0.3 is 6.03 Å². The van der Waals surface area contributed by atoms with Crippen molar-refractivity contribution in [2.24, 2.45) is 0 Å². The molecule has 4 amide bonds. The number of nitrogen functional groups attached to an aromatic ring is 1. The first kappa shape index (κ1) is 30.7. The molecule has 242 valence electrons. The Morgan fingerprint density at radius 2 is 1.90 bits per heavy atom. The first-order valence-corrected chi connectivity index (χ1v) is 16.0. The number of fused-ring (bicyclic) bond motifs is 2. The third-order valence-corrected chi connectivity index (χ3v) is 9.35. The third-order valence-electron chi connectivity index (χ3n) is 8.50. The van der Waals surface area contributed by atoms with E-state index < -0.39 is 18.2 Å². The molecule has 2 aromatic heterocycles. The highest BCUT2D eigenvalue weighted by Crippen LogP contribution is 2.32. The minimum atomic E-state index is -0.866. The van der Waals surface area contributed by atoms with Gasteiger partial charge in [-0.2, -0.15) is 10.3 Å². The number of piperazine rings is 1. The van der Waals surface area contributed by atoms with Crippen molar-refractivity contribution in [2.45, 2.75) is 31.7 Å². The number of carbonyl (C=O) groups excluding carboxylic acids is 3. The van der Waals surface area contributed by atoms with Crippen LogP contribution < -0.4 is 11.1 Å². The molecular weight excluding hydrogens is 633 g/mol. The van der Waals surface area contributed by atoms with Crippen LogP contribution in [0.5, 0.6) is 0 Å². The van der Waals surface area contributed by atoms with Gasteiger partial charge in [0.2, 0.25) is 11.8 Å². The van der Waals surface area contributed by atoms with E-state index in [9.17, 15) is 19.6 Å². The molecular formula is C32H30N12O3S. The number of benzene rings is 3. The Hall–Kier alpha value is -5.92. The maximum absolute atomic E-state index is 14.3. The van der Waals surface area contributed by atoms with E-state index in [2.05, 4.69) is 37.0 Å². The first-order chi connectivity index (χ1) is 23.4. The van der Waals surface area contributed by atoms with Crippen molar-refractivity contribution >= 4 is 44.5 Å². The van der Waals surface area contributed by atoms with E-state index in [0.717, 1.165) is 32.5 Å². The second-order valence-corrected chi connectivity index (χ2v) is 12.5. The first-order valence-electron chi connectivity index (χ1n) is 15.2. The lowest BCUT2D eigenvalue weighted by Crippen LogP contribution is -2.66. The van der Waals surface area contributed by atoms with Gasteiger partial charge in [-0.3, -0.25) is 9.59 Å². The second-order valence-electron chi connectivity index (χ2n) is 11.4. The number of H-pyrrole nitrogens is 1. The SMILES string of the molecule is N#CCN(C(=O)NCc1ccccc1)N1CC(=O)N2[C@@H](Cc3ccc(-c4nnn[nH]4)cc3)C(=O)N(Cc3cccc4sc(N)nc34)C[C@@H]21. The molecule has 16 heteroatoms. The number of nitrogens with zero attached hydrogens (tertiary/aromatic N) is 9. The van der Waals surface area contributed by atoms with E-state index in [0.29, 0.717) is 11.0 Å². The summed E-state index contributed by atoms with van der Waals surface area (Å²) in [6, 6.07) is 23.2. The number of nitriles is 1. The fourth-order valence-electron chi connectivity index (χ4n) is 6.26. The average molecular weight is 663 g/mol. The highest BCUT2D eigenvalue weighted by Gasteiger charge is 2.52. The number of carbonyl (C=O) groups is 3. The molecule has 3 aromatic carbocycles. The monoisotopic (exact) mass is 662 g/mol. The molecule has 48 heavy (non-hydrogen) atoms. The number of nitrogens with two attached hydrogens (primary N) is 1. The predicted molar refractivity (Wildman–Crippen MR) is 175 cm³/mol. The number of hydrazine groups is 1. The van der Waals surface area contributed by atoms with Crippen LogP contribution in [-0.2, 0) is 29.1 Å². The summed E-state index contributed by atoms with van der Waals surface area (Å²) in [5.41, 5.74) is 10.0. The van der Waals surface area contributed by atoms with Crippen molar-refractivity contribution in [1.82, 2.24) is 50.7 Å². The lowest BCUT2D eigenvalue weighted by molar-refractivity contribution is -0.157. The van der Waals surface area contributed by atoms with Crippen LogP contribution in [0.1, 0.15) is 16.7 Å². The number of tetrazole rings is 1. The number of hydrogen-bond acceptors (Lipinski definition) is 11.